The molecule has 1 aliphatic carbocycles. The molecule has 1 aliphatic rings. The smallest absolute Gasteiger partial charge is 0.127 e. The molecule has 4 heteroatoms. The van der Waals surface area contributed by atoms with E-state index < -0.39 is 0 Å². The van der Waals surface area contributed by atoms with Crippen LogP contribution in [0.25, 0.3) is 0 Å². The van der Waals surface area contributed by atoms with Crippen LogP contribution in [-0.4, -0.2) is 23.6 Å². The second-order valence-corrected chi connectivity index (χ2v) is 5.83. The van der Waals surface area contributed by atoms with Gasteiger partial charge in [-0.3, -0.25) is 0 Å². The molecule has 0 spiro atoms. The zero-order valence-corrected chi connectivity index (χ0v) is 12.2. The molecule has 3 atom stereocenters. The second kappa shape index (κ2) is 6.02. The van der Waals surface area contributed by atoms with E-state index in [1.807, 2.05) is 6.92 Å². The number of rotatable bonds is 5. The van der Waals surface area contributed by atoms with Crippen LogP contribution >= 0.6 is 15.9 Å². The molecule has 1 aromatic rings. The van der Waals surface area contributed by atoms with Gasteiger partial charge in [-0.05, 0) is 25.0 Å². The maximum Gasteiger partial charge on any atom is 0.127 e. The molecule has 0 heterocycles. The molecule has 1 fully saturated rings. The lowest BCUT2D eigenvalue weighted by Gasteiger charge is -2.41. The largest absolute Gasteiger partial charge is 0.487 e. The summed E-state index contributed by atoms with van der Waals surface area (Å²) in [6.07, 6.45) is 1.96. The minimum atomic E-state index is -0.267. The Morgan fingerprint density at radius 3 is 2.89 bits per heavy atom. The predicted molar refractivity (Wildman–Crippen MR) is 72.9 cm³/mol. The lowest BCUT2D eigenvalue weighted by atomic mass is 9.91. The average molecular weight is 317 g/mol. The molecular weight excluding hydrogens is 299 g/mol. The normalized spacial score (nSPS) is 26.8. The van der Waals surface area contributed by atoms with Crippen LogP contribution in [0.3, 0.4) is 0 Å². The Bertz CT molecular complexity index is 411. The predicted octanol–water partition coefficient (Wildman–Crippen LogP) is 3.84. The average Bonchev–Trinajstić information content (AvgIpc) is 2.33. The van der Waals surface area contributed by atoms with E-state index in [2.05, 4.69) is 22.9 Å². The van der Waals surface area contributed by atoms with Crippen molar-refractivity contribution in [3.05, 3.63) is 29.6 Å². The van der Waals surface area contributed by atoms with Gasteiger partial charge in [0.15, 0.2) is 0 Å². The van der Waals surface area contributed by atoms with Crippen molar-refractivity contribution in [3.8, 4) is 5.75 Å². The highest BCUT2D eigenvalue weighted by Gasteiger charge is 2.42. The first kappa shape index (κ1) is 13.8. The van der Waals surface area contributed by atoms with Crippen molar-refractivity contribution < 1.29 is 13.9 Å². The van der Waals surface area contributed by atoms with Crippen LogP contribution in [-0.2, 0) is 4.74 Å². The Balaban J connectivity index is 1.98. The van der Waals surface area contributed by atoms with Crippen molar-refractivity contribution in [1.29, 1.82) is 0 Å². The molecule has 3 unspecified atom stereocenters. The van der Waals surface area contributed by atoms with Gasteiger partial charge < -0.3 is 9.47 Å². The van der Waals surface area contributed by atoms with Gasteiger partial charge in [-0.1, -0.05) is 28.9 Å². The van der Waals surface area contributed by atoms with Gasteiger partial charge in [-0.2, -0.15) is 0 Å². The summed E-state index contributed by atoms with van der Waals surface area (Å²) in [7, 11) is 0. The fourth-order valence-corrected chi connectivity index (χ4v) is 2.83. The maximum atomic E-state index is 13.2. The zero-order valence-electron chi connectivity index (χ0n) is 10.7. The minimum Gasteiger partial charge on any atom is -0.487 e. The van der Waals surface area contributed by atoms with Gasteiger partial charge in [-0.15, -0.1) is 0 Å². The van der Waals surface area contributed by atoms with Gasteiger partial charge >= 0.3 is 0 Å². The summed E-state index contributed by atoms with van der Waals surface area (Å²) in [5.74, 6) is 0.348. The second-order valence-electron chi connectivity index (χ2n) is 4.65. The van der Waals surface area contributed by atoms with Gasteiger partial charge in [0, 0.05) is 23.9 Å². The highest BCUT2D eigenvalue weighted by Crippen LogP contribution is 2.35. The van der Waals surface area contributed by atoms with Crippen LogP contribution in [0.5, 0.6) is 5.75 Å². The summed E-state index contributed by atoms with van der Waals surface area (Å²) in [6.45, 7) is 4.73. The van der Waals surface area contributed by atoms with E-state index in [0.717, 1.165) is 25.0 Å². The van der Waals surface area contributed by atoms with E-state index in [-0.39, 0.29) is 18.0 Å². The van der Waals surface area contributed by atoms with Crippen LogP contribution < -0.4 is 4.74 Å². The quantitative estimate of drug-likeness (QED) is 0.768. The molecule has 1 saturated carbocycles. The standard InChI is InChI=1S/C14H18BrFO2/c1-3-6-17-14-11(15)8-13(14)18-12-7-10(16)5-4-9(12)2/h4-5,7,11,13-14H,3,6,8H2,1-2H3. The van der Waals surface area contributed by atoms with E-state index in [1.165, 1.54) is 12.1 Å². The molecule has 0 N–H and O–H groups in total. The summed E-state index contributed by atoms with van der Waals surface area (Å²) >= 11 is 3.56. The summed E-state index contributed by atoms with van der Waals surface area (Å²) in [6, 6.07) is 4.62. The molecule has 0 saturated heterocycles. The lowest BCUT2D eigenvalue weighted by molar-refractivity contribution is -0.0764. The summed E-state index contributed by atoms with van der Waals surface area (Å²) < 4.78 is 24.8. The number of hydrogen-bond acceptors (Lipinski definition) is 2. The molecule has 0 bridgehead atoms. The first-order chi connectivity index (χ1) is 8.61. The number of benzene rings is 1. The number of ether oxygens (including phenoxy) is 2. The molecule has 0 amide bonds. The Hall–Kier alpha value is -0.610. The monoisotopic (exact) mass is 316 g/mol. The van der Waals surface area contributed by atoms with E-state index in [1.54, 1.807) is 6.07 Å². The summed E-state index contributed by atoms with van der Waals surface area (Å²) in [5, 5.41) is 0. The van der Waals surface area contributed by atoms with Crippen LogP contribution in [0.4, 0.5) is 4.39 Å². The molecule has 0 aliphatic heterocycles. The maximum absolute atomic E-state index is 13.2. The van der Waals surface area contributed by atoms with E-state index in [9.17, 15) is 4.39 Å². The van der Waals surface area contributed by atoms with Gasteiger partial charge in [0.05, 0.1) is 0 Å². The Morgan fingerprint density at radius 2 is 2.22 bits per heavy atom. The van der Waals surface area contributed by atoms with Crippen LogP contribution in [0, 0.1) is 12.7 Å². The van der Waals surface area contributed by atoms with Crippen molar-refractivity contribution in [3.63, 3.8) is 0 Å². The first-order valence-corrected chi connectivity index (χ1v) is 7.22. The first-order valence-electron chi connectivity index (χ1n) is 6.30. The number of halogens is 2. The molecule has 2 rings (SSSR count). The third kappa shape index (κ3) is 3.04. The van der Waals surface area contributed by atoms with E-state index in [0.29, 0.717) is 10.6 Å². The van der Waals surface area contributed by atoms with E-state index in [4.69, 9.17) is 9.47 Å². The SMILES string of the molecule is CCCOC1C(Br)CC1Oc1cc(F)ccc1C. The van der Waals surface area contributed by atoms with Gasteiger partial charge in [0.1, 0.15) is 23.8 Å². The van der Waals surface area contributed by atoms with Crippen molar-refractivity contribution in [2.24, 2.45) is 0 Å². The number of hydrogen-bond donors (Lipinski definition) is 0. The Kier molecular flexibility index (Phi) is 4.62. The van der Waals surface area contributed by atoms with E-state index >= 15 is 0 Å². The summed E-state index contributed by atoms with van der Waals surface area (Å²) in [5.41, 5.74) is 0.948. The van der Waals surface area contributed by atoms with Gasteiger partial charge in [0.25, 0.3) is 0 Å². The molecule has 100 valence electrons. The third-order valence-electron chi connectivity index (χ3n) is 3.12. The molecule has 0 aromatic heterocycles. The van der Waals surface area contributed by atoms with Crippen molar-refractivity contribution in [1.82, 2.24) is 0 Å². The topological polar surface area (TPSA) is 18.5 Å². The molecule has 1 aromatic carbocycles. The third-order valence-corrected chi connectivity index (χ3v) is 4.02. The number of alkyl halides is 1. The minimum absolute atomic E-state index is 0.0152. The molecule has 0 radical (unpaired) electrons. The number of aryl methyl sites for hydroxylation is 1. The van der Waals surface area contributed by atoms with Crippen molar-refractivity contribution >= 4 is 15.9 Å². The highest BCUT2D eigenvalue weighted by molar-refractivity contribution is 9.09. The van der Waals surface area contributed by atoms with Crippen LogP contribution in [0.1, 0.15) is 25.3 Å². The van der Waals surface area contributed by atoms with Crippen molar-refractivity contribution in [2.45, 2.75) is 43.7 Å². The fraction of sp³-hybridized carbons (Fsp3) is 0.571. The van der Waals surface area contributed by atoms with Gasteiger partial charge in [-0.25, -0.2) is 4.39 Å². The van der Waals surface area contributed by atoms with Gasteiger partial charge in [0.2, 0.25) is 0 Å². The summed E-state index contributed by atoms with van der Waals surface area (Å²) in [4.78, 5) is 0.336. The lowest BCUT2D eigenvalue weighted by Crippen LogP contribution is -2.52. The molecule has 2 nitrogen and oxygen atoms in total. The Labute approximate surface area is 116 Å². The Morgan fingerprint density at radius 1 is 1.44 bits per heavy atom. The molecular formula is C14H18BrFO2. The zero-order chi connectivity index (χ0) is 13.1. The highest BCUT2D eigenvalue weighted by atomic mass is 79.9. The van der Waals surface area contributed by atoms with Crippen molar-refractivity contribution in [2.75, 3.05) is 6.61 Å². The van der Waals surface area contributed by atoms with Crippen LogP contribution in [0.15, 0.2) is 18.2 Å². The molecule has 18 heavy (non-hydrogen) atoms. The van der Waals surface area contributed by atoms with Crippen LogP contribution in [0.2, 0.25) is 0 Å². The fourth-order valence-electron chi connectivity index (χ4n) is 1.97.